The van der Waals surface area contributed by atoms with E-state index < -0.39 is 47.2 Å². The number of phenolic OH excluding ortho intramolecular Hbond substituents is 1. The molecule has 184 valence electrons. The number of aryl methyl sites for hydroxylation is 2. The summed E-state index contributed by atoms with van der Waals surface area (Å²) in [6.45, 7) is 5.88. The number of ether oxygens (including phenoxy) is 2. The normalized spacial score (nSPS) is 26.3. The molecule has 0 radical (unpaired) electrons. The maximum Gasteiger partial charge on any atom is 0.306 e. The van der Waals surface area contributed by atoms with Crippen LogP contribution in [0.5, 0.6) is 5.75 Å². The maximum atomic E-state index is 13.4. The lowest BCUT2D eigenvalue weighted by Gasteiger charge is -2.45. The van der Waals surface area contributed by atoms with Crippen molar-refractivity contribution in [2.75, 3.05) is 6.61 Å². The van der Waals surface area contributed by atoms with Gasteiger partial charge in [0, 0.05) is 18.8 Å². The summed E-state index contributed by atoms with van der Waals surface area (Å²) in [6.07, 6.45) is -0.140. The van der Waals surface area contributed by atoms with E-state index in [0.29, 0.717) is 30.4 Å². The van der Waals surface area contributed by atoms with Crippen LogP contribution in [-0.2, 0) is 35.1 Å². The number of benzene rings is 1. The van der Waals surface area contributed by atoms with Crippen LogP contribution in [-0.4, -0.2) is 52.0 Å². The van der Waals surface area contributed by atoms with Crippen molar-refractivity contribution >= 4 is 23.5 Å². The van der Waals surface area contributed by atoms with Crippen LogP contribution >= 0.6 is 0 Å². The van der Waals surface area contributed by atoms with Gasteiger partial charge in [0.2, 0.25) is 5.78 Å². The first kappa shape index (κ1) is 25.6. The predicted octanol–water partition coefficient (Wildman–Crippen LogP) is 2.89. The Bertz CT molecular complexity index is 1050. The lowest BCUT2D eigenvalue weighted by atomic mass is 9.63. The number of fused-ring (bicyclic) bond motifs is 1. The summed E-state index contributed by atoms with van der Waals surface area (Å²) in [6, 6.07) is 5.03. The van der Waals surface area contributed by atoms with Crippen molar-refractivity contribution in [3.63, 3.8) is 0 Å². The lowest BCUT2D eigenvalue weighted by Crippen LogP contribution is -2.57. The van der Waals surface area contributed by atoms with Crippen LogP contribution in [0.4, 0.5) is 0 Å². The number of rotatable bonds is 8. The van der Waals surface area contributed by atoms with Gasteiger partial charge in [-0.15, -0.1) is 0 Å². The third-order valence-corrected chi connectivity index (χ3v) is 7.26. The number of aliphatic hydroxyl groups is 1. The molecule has 1 fully saturated rings. The van der Waals surface area contributed by atoms with E-state index >= 15 is 0 Å². The maximum absolute atomic E-state index is 13.4. The molecule has 1 saturated carbocycles. The molecule has 2 aliphatic carbocycles. The highest BCUT2D eigenvalue weighted by Crippen LogP contribution is 2.59. The number of aliphatic hydroxyl groups excluding tert-OH is 1. The molecule has 0 unspecified atom stereocenters. The highest BCUT2D eigenvalue weighted by Gasteiger charge is 2.65. The minimum Gasteiger partial charge on any atom is -0.508 e. The molecular formula is C26H32O8. The second-order valence-electron chi connectivity index (χ2n) is 9.34. The molecule has 3 rings (SSSR count). The standard InChI is InChI=1S/C26H32O8/c1-5-23(31)34-26(22(30)14-33-16(3)27)11-10-20-19(24(32)21(29)13-25(20,26)4)9-7-17-12-18(28)8-6-15(17)2/h6,8,12,21,28-29H,5,7,9-11,13-14H2,1-4H3/t21-,25-,26-/m0/s1. The van der Waals surface area contributed by atoms with E-state index in [0.717, 1.165) is 11.1 Å². The Hall–Kier alpha value is -3.00. The molecule has 8 nitrogen and oxygen atoms in total. The summed E-state index contributed by atoms with van der Waals surface area (Å²) in [5.74, 6) is -2.05. The lowest BCUT2D eigenvalue weighted by molar-refractivity contribution is -0.183. The number of aromatic hydroxyl groups is 1. The number of Topliss-reactive ketones (excluding diaryl/α,β-unsaturated/α-hetero) is 2. The molecule has 0 aromatic heterocycles. The van der Waals surface area contributed by atoms with E-state index in [-0.39, 0.29) is 25.0 Å². The Morgan fingerprint density at radius 2 is 1.91 bits per heavy atom. The van der Waals surface area contributed by atoms with Crippen LogP contribution in [0, 0.1) is 12.3 Å². The molecule has 2 N–H and O–H groups in total. The van der Waals surface area contributed by atoms with Crippen molar-refractivity contribution < 1.29 is 38.9 Å². The second-order valence-corrected chi connectivity index (χ2v) is 9.34. The average molecular weight is 473 g/mol. The Morgan fingerprint density at radius 3 is 2.56 bits per heavy atom. The van der Waals surface area contributed by atoms with Crippen LogP contribution < -0.4 is 0 Å². The van der Waals surface area contributed by atoms with E-state index in [1.165, 1.54) is 6.92 Å². The first-order valence-corrected chi connectivity index (χ1v) is 11.6. The minimum atomic E-state index is -1.64. The Morgan fingerprint density at radius 1 is 1.21 bits per heavy atom. The molecule has 0 saturated heterocycles. The SMILES string of the molecule is CCC(=O)O[C@]1(C(=O)COC(C)=O)CCC2=C(CCc3cc(O)ccc3C)C(=O)[C@@H](O)C[C@@]21C. The number of hydrogen-bond donors (Lipinski definition) is 2. The number of esters is 2. The van der Waals surface area contributed by atoms with Gasteiger partial charge in [-0.05, 0) is 67.9 Å². The van der Waals surface area contributed by atoms with Gasteiger partial charge in [-0.3, -0.25) is 19.2 Å². The van der Waals surface area contributed by atoms with Crippen molar-refractivity contribution in [1.82, 2.24) is 0 Å². The van der Waals surface area contributed by atoms with Gasteiger partial charge in [-0.2, -0.15) is 0 Å². The highest BCUT2D eigenvalue weighted by atomic mass is 16.6. The Kier molecular flexibility index (Phi) is 7.31. The summed E-state index contributed by atoms with van der Waals surface area (Å²) in [5, 5.41) is 20.6. The second kappa shape index (κ2) is 9.70. The molecule has 0 aliphatic heterocycles. The smallest absolute Gasteiger partial charge is 0.306 e. The van der Waals surface area contributed by atoms with Gasteiger partial charge in [0.25, 0.3) is 0 Å². The highest BCUT2D eigenvalue weighted by molar-refractivity contribution is 6.02. The zero-order valence-electron chi connectivity index (χ0n) is 20.1. The molecule has 1 aromatic rings. The Labute approximate surface area is 198 Å². The van der Waals surface area contributed by atoms with Crippen LogP contribution in [0.2, 0.25) is 0 Å². The minimum absolute atomic E-state index is 0.0445. The first-order chi connectivity index (χ1) is 15.9. The third-order valence-electron chi connectivity index (χ3n) is 7.26. The molecule has 1 aromatic carbocycles. The molecular weight excluding hydrogens is 440 g/mol. The summed E-state index contributed by atoms with van der Waals surface area (Å²) >= 11 is 0. The average Bonchev–Trinajstić information content (AvgIpc) is 3.06. The summed E-state index contributed by atoms with van der Waals surface area (Å²) < 4.78 is 10.7. The number of carbonyl (C=O) groups excluding carboxylic acids is 4. The summed E-state index contributed by atoms with van der Waals surface area (Å²) in [7, 11) is 0. The van der Waals surface area contributed by atoms with Crippen molar-refractivity contribution in [3.05, 3.63) is 40.5 Å². The Balaban J connectivity index is 2.04. The fourth-order valence-electron chi connectivity index (χ4n) is 5.38. The van der Waals surface area contributed by atoms with Crippen LogP contribution in [0.25, 0.3) is 0 Å². The van der Waals surface area contributed by atoms with Crippen molar-refractivity contribution in [2.45, 2.75) is 77.9 Å². The molecule has 0 spiro atoms. The summed E-state index contributed by atoms with van der Waals surface area (Å²) in [5.41, 5.74) is 0.198. The number of ketones is 2. The molecule has 3 atom stereocenters. The monoisotopic (exact) mass is 472 g/mol. The van der Waals surface area contributed by atoms with Gasteiger partial charge in [0.05, 0.1) is 0 Å². The van der Waals surface area contributed by atoms with E-state index in [1.54, 1.807) is 32.0 Å². The summed E-state index contributed by atoms with van der Waals surface area (Å²) in [4.78, 5) is 50.1. The molecule has 0 amide bonds. The van der Waals surface area contributed by atoms with Crippen molar-refractivity contribution in [1.29, 1.82) is 0 Å². The zero-order valence-corrected chi connectivity index (χ0v) is 20.1. The van der Waals surface area contributed by atoms with E-state index in [9.17, 15) is 29.4 Å². The fraction of sp³-hybridized carbons (Fsp3) is 0.538. The predicted molar refractivity (Wildman–Crippen MR) is 122 cm³/mol. The van der Waals surface area contributed by atoms with Gasteiger partial charge in [-0.1, -0.05) is 25.5 Å². The largest absolute Gasteiger partial charge is 0.508 e. The number of hydrogen-bond acceptors (Lipinski definition) is 8. The van der Waals surface area contributed by atoms with Crippen LogP contribution in [0.3, 0.4) is 0 Å². The topological polar surface area (TPSA) is 127 Å². The van der Waals surface area contributed by atoms with Crippen molar-refractivity contribution in [3.8, 4) is 5.75 Å². The quantitative estimate of drug-likeness (QED) is 0.553. The fourth-order valence-corrected chi connectivity index (χ4v) is 5.38. The van der Waals surface area contributed by atoms with E-state index in [1.807, 2.05) is 6.92 Å². The van der Waals surface area contributed by atoms with Crippen LogP contribution in [0.1, 0.15) is 64.0 Å². The van der Waals surface area contributed by atoms with Gasteiger partial charge in [-0.25, -0.2) is 0 Å². The van der Waals surface area contributed by atoms with Gasteiger partial charge >= 0.3 is 11.9 Å². The molecule has 34 heavy (non-hydrogen) atoms. The van der Waals surface area contributed by atoms with Gasteiger partial charge in [0.15, 0.2) is 18.0 Å². The molecule has 8 heteroatoms. The first-order valence-electron chi connectivity index (χ1n) is 11.6. The molecule has 0 bridgehead atoms. The zero-order chi connectivity index (χ0) is 25.3. The van der Waals surface area contributed by atoms with Crippen molar-refractivity contribution in [2.24, 2.45) is 5.41 Å². The van der Waals surface area contributed by atoms with Crippen LogP contribution in [0.15, 0.2) is 29.3 Å². The molecule has 2 aliphatic rings. The van der Waals surface area contributed by atoms with Gasteiger partial charge in [0.1, 0.15) is 11.9 Å². The van der Waals surface area contributed by atoms with E-state index in [2.05, 4.69) is 0 Å². The molecule has 0 heterocycles. The number of phenols is 1. The third kappa shape index (κ3) is 4.51. The van der Waals surface area contributed by atoms with Gasteiger partial charge < -0.3 is 19.7 Å². The van der Waals surface area contributed by atoms with E-state index in [4.69, 9.17) is 9.47 Å². The number of carbonyl (C=O) groups is 4.